The van der Waals surface area contributed by atoms with E-state index in [1.54, 1.807) is 24.3 Å². The topological polar surface area (TPSA) is 46.6 Å². The van der Waals surface area contributed by atoms with Gasteiger partial charge in [0.15, 0.2) is 0 Å². The predicted octanol–water partition coefficient (Wildman–Crippen LogP) is 4.77. The molecule has 0 radical (unpaired) electrons. The van der Waals surface area contributed by atoms with Crippen LogP contribution in [0.4, 0.5) is 5.69 Å². The third kappa shape index (κ3) is 4.04. The second kappa shape index (κ2) is 7.92. The second-order valence-electron chi connectivity index (χ2n) is 4.83. The Hall–Kier alpha value is -1.69. The molecule has 0 N–H and O–H groups in total. The van der Waals surface area contributed by atoms with Gasteiger partial charge in [0.1, 0.15) is 5.75 Å². The van der Waals surface area contributed by atoms with Gasteiger partial charge in [-0.2, -0.15) is 0 Å². The largest absolute Gasteiger partial charge is 0.494 e. The average molecular weight is 386 g/mol. The molecule has 0 atom stereocenters. The molecule has 0 spiro atoms. The molecule has 0 aliphatic rings. The van der Waals surface area contributed by atoms with Gasteiger partial charge in [-0.05, 0) is 49.4 Å². The van der Waals surface area contributed by atoms with Crippen molar-refractivity contribution in [3.63, 3.8) is 0 Å². The highest BCUT2D eigenvalue weighted by atomic mass is 35.5. The van der Waals surface area contributed by atoms with Gasteiger partial charge in [-0.3, -0.25) is 4.31 Å². The zero-order valence-electron chi connectivity index (χ0n) is 13.1. The fraction of sp³-hybridized carbons (Fsp3) is 0.176. The Kier molecular flexibility index (Phi) is 6.15. The number of benzene rings is 2. The van der Waals surface area contributed by atoms with Gasteiger partial charge in [0.05, 0.1) is 33.8 Å². The van der Waals surface area contributed by atoms with Gasteiger partial charge in [-0.25, -0.2) is 8.42 Å². The van der Waals surface area contributed by atoms with Crippen molar-refractivity contribution >= 4 is 38.9 Å². The summed E-state index contributed by atoms with van der Waals surface area (Å²) >= 11 is 11.9. The Morgan fingerprint density at radius 3 is 2.33 bits per heavy atom. The van der Waals surface area contributed by atoms with Gasteiger partial charge in [-0.15, -0.1) is 6.58 Å². The lowest BCUT2D eigenvalue weighted by Crippen LogP contribution is -2.31. The standard InChI is InChI=1S/C17H17Cl2NO3S/c1-3-11-20(13-5-10-16(18)17(19)12-13)24(21,22)15-8-6-14(7-9-15)23-4-2/h3,5-10,12H,1,4,11H2,2H3. The molecular weight excluding hydrogens is 369 g/mol. The summed E-state index contributed by atoms with van der Waals surface area (Å²) in [5.41, 5.74) is 0.415. The molecule has 0 fully saturated rings. The number of anilines is 1. The summed E-state index contributed by atoms with van der Waals surface area (Å²) in [4.78, 5) is 0.152. The van der Waals surface area contributed by atoms with E-state index in [1.165, 1.54) is 28.6 Å². The fourth-order valence-electron chi connectivity index (χ4n) is 2.10. The van der Waals surface area contributed by atoms with E-state index in [2.05, 4.69) is 6.58 Å². The average Bonchev–Trinajstić information content (AvgIpc) is 2.56. The molecule has 2 aromatic rings. The molecule has 2 rings (SSSR count). The maximum Gasteiger partial charge on any atom is 0.264 e. The van der Waals surface area contributed by atoms with Crippen LogP contribution >= 0.6 is 23.2 Å². The zero-order valence-corrected chi connectivity index (χ0v) is 15.4. The maximum absolute atomic E-state index is 12.9. The number of hydrogen-bond acceptors (Lipinski definition) is 3. The first-order valence-electron chi connectivity index (χ1n) is 7.21. The molecule has 0 saturated heterocycles. The predicted molar refractivity (Wildman–Crippen MR) is 98.8 cm³/mol. The van der Waals surface area contributed by atoms with Crippen LogP contribution < -0.4 is 9.04 Å². The summed E-state index contributed by atoms with van der Waals surface area (Å²) in [6.45, 7) is 6.10. The summed E-state index contributed by atoms with van der Waals surface area (Å²) in [6.07, 6.45) is 1.51. The lowest BCUT2D eigenvalue weighted by molar-refractivity contribution is 0.340. The van der Waals surface area contributed by atoms with Gasteiger partial charge >= 0.3 is 0 Å². The van der Waals surface area contributed by atoms with Crippen LogP contribution in [0.15, 0.2) is 60.0 Å². The summed E-state index contributed by atoms with van der Waals surface area (Å²) in [5, 5.41) is 0.641. The Bertz CT molecular complexity index is 820. The van der Waals surface area contributed by atoms with E-state index in [-0.39, 0.29) is 16.5 Å². The molecule has 2 aromatic carbocycles. The minimum absolute atomic E-state index is 0.105. The summed E-state index contributed by atoms with van der Waals surface area (Å²) in [6, 6.07) is 10.9. The lowest BCUT2D eigenvalue weighted by Gasteiger charge is -2.23. The molecule has 0 unspecified atom stereocenters. The third-order valence-electron chi connectivity index (χ3n) is 3.21. The molecule has 0 bridgehead atoms. The Balaban J connectivity index is 2.44. The molecule has 0 aliphatic carbocycles. The quantitative estimate of drug-likeness (QED) is 0.644. The first-order chi connectivity index (χ1) is 11.4. The van der Waals surface area contributed by atoms with E-state index in [0.717, 1.165) is 0 Å². The summed E-state index contributed by atoms with van der Waals surface area (Å²) < 4.78 is 32.5. The number of rotatable bonds is 7. The van der Waals surface area contributed by atoms with Gasteiger partial charge in [0.25, 0.3) is 10.0 Å². The van der Waals surface area contributed by atoms with E-state index in [0.29, 0.717) is 23.1 Å². The smallest absolute Gasteiger partial charge is 0.264 e. The zero-order chi connectivity index (χ0) is 17.7. The van der Waals surface area contributed by atoms with Crippen molar-refractivity contribution in [2.75, 3.05) is 17.5 Å². The molecule has 0 heterocycles. The molecule has 0 aliphatic heterocycles. The van der Waals surface area contributed by atoms with Gasteiger partial charge < -0.3 is 4.74 Å². The van der Waals surface area contributed by atoms with Crippen LogP contribution in [0, 0.1) is 0 Å². The Morgan fingerprint density at radius 1 is 1.12 bits per heavy atom. The van der Waals surface area contributed by atoms with Gasteiger partial charge in [0, 0.05) is 0 Å². The normalized spacial score (nSPS) is 11.1. The number of hydrogen-bond donors (Lipinski definition) is 0. The van der Waals surface area contributed by atoms with E-state index in [1.807, 2.05) is 6.92 Å². The lowest BCUT2D eigenvalue weighted by atomic mass is 10.3. The minimum Gasteiger partial charge on any atom is -0.494 e. The van der Waals surface area contributed by atoms with Crippen molar-refractivity contribution in [1.82, 2.24) is 0 Å². The molecular formula is C17H17Cl2NO3S. The first-order valence-corrected chi connectivity index (χ1v) is 9.41. The molecule has 24 heavy (non-hydrogen) atoms. The fourth-order valence-corrected chi connectivity index (χ4v) is 3.82. The molecule has 128 valence electrons. The van der Waals surface area contributed by atoms with Crippen LogP contribution in [0.1, 0.15) is 6.92 Å². The van der Waals surface area contributed by atoms with E-state index < -0.39 is 10.0 Å². The SMILES string of the molecule is C=CCN(c1ccc(Cl)c(Cl)c1)S(=O)(=O)c1ccc(OCC)cc1. The second-order valence-corrected chi connectivity index (χ2v) is 7.50. The Morgan fingerprint density at radius 2 is 1.79 bits per heavy atom. The van der Waals surface area contributed by atoms with Crippen LogP contribution in [0.25, 0.3) is 0 Å². The molecule has 7 heteroatoms. The highest BCUT2D eigenvalue weighted by Crippen LogP contribution is 2.30. The van der Waals surface area contributed by atoms with Crippen LogP contribution in [-0.2, 0) is 10.0 Å². The first kappa shape index (κ1) is 18.6. The van der Waals surface area contributed by atoms with E-state index >= 15 is 0 Å². The third-order valence-corrected chi connectivity index (χ3v) is 5.76. The van der Waals surface area contributed by atoms with Crippen LogP contribution in [0.5, 0.6) is 5.75 Å². The summed E-state index contributed by atoms with van der Waals surface area (Å²) in [7, 11) is -3.77. The van der Waals surface area contributed by atoms with Crippen molar-refractivity contribution < 1.29 is 13.2 Å². The van der Waals surface area contributed by atoms with Crippen LogP contribution in [-0.4, -0.2) is 21.6 Å². The van der Waals surface area contributed by atoms with Gasteiger partial charge in [0.2, 0.25) is 0 Å². The monoisotopic (exact) mass is 385 g/mol. The maximum atomic E-state index is 12.9. The molecule has 0 amide bonds. The number of ether oxygens (including phenoxy) is 1. The van der Waals surface area contributed by atoms with Crippen molar-refractivity contribution in [2.45, 2.75) is 11.8 Å². The minimum atomic E-state index is -3.77. The van der Waals surface area contributed by atoms with Crippen molar-refractivity contribution in [3.8, 4) is 5.75 Å². The molecule has 4 nitrogen and oxygen atoms in total. The molecule has 0 saturated carbocycles. The van der Waals surface area contributed by atoms with Crippen molar-refractivity contribution in [3.05, 3.63) is 65.2 Å². The number of halogens is 2. The number of nitrogens with zero attached hydrogens (tertiary/aromatic N) is 1. The summed E-state index contributed by atoms with van der Waals surface area (Å²) in [5.74, 6) is 0.612. The van der Waals surface area contributed by atoms with Crippen molar-refractivity contribution in [2.24, 2.45) is 0 Å². The molecule has 0 aromatic heterocycles. The van der Waals surface area contributed by atoms with Crippen LogP contribution in [0.3, 0.4) is 0 Å². The Labute approximate surface area is 152 Å². The van der Waals surface area contributed by atoms with Crippen molar-refractivity contribution in [1.29, 1.82) is 0 Å². The van der Waals surface area contributed by atoms with E-state index in [9.17, 15) is 8.42 Å². The number of sulfonamides is 1. The highest BCUT2D eigenvalue weighted by molar-refractivity contribution is 7.92. The van der Waals surface area contributed by atoms with E-state index in [4.69, 9.17) is 27.9 Å². The van der Waals surface area contributed by atoms with Crippen LogP contribution in [0.2, 0.25) is 10.0 Å². The highest BCUT2D eigenvalue weighted by Gasteiger charge is 2.24. The van der Waals surface area contributed by atoms with Gasteiger partial charge in [-0.1, -0.05) is 29.3 Å².